The van der Waals surface area contributed by atoms with Crippen LogP contribution in [-0.4, -0.2) is 47.4 Å². The highest BCUT2D eigenvalue weighted by molar-refractivity contribution is 5.76. The summed E-state index contributed by atoms with van der Waals surface area (Å²) in [5.41, 5.74) is 0. The van der Waals surface area contributed by atoms with Crippen molar-refractivity contribution in [2.45, 2.75) is 508 Å². The van der Waals surface area contributed by atoms with Gasteiger partial charge < -0.3 is 20.3 Å². The Morgan fingerprint density at radius 3 is 0.747 bits per heavy atom. The molecule has 0 radical (unpaired) electrons. The third kappa shape index (κ3) is 77.5. The van der Waals surface area contributed by atoms with Gasteiger partial charge in [0.1, 0.15) is 0 Å². The molecule has 0 aliphatic rings. The third-order valence-electron chi connectivity index (χ3n) is 20.3. The topological polar surface area (TPSA) is 95.9 Å². The van der Waals surface area contributed by atoms with Crippen LogP contribution in [0.15, 0.2) is 12.2 Å². The first-order chi connectivity index (χ1) is 45.0. The largest absolute Gasteiger partial charge is 0.466 e. The van der Waals surface area contributed by atoms with Crippen molar-refractivity contribution in [1.29, 1.82) is 0 Å². The summed E-state index contributed by atoms with van der Waals surface area (Å²) in [6.45, 7) is 4.98. The summed E-state index contributed by atoms with van der Waals surface area (Å²) in [4.78, 5) is 24.7. The van der Waals surface area contributed by atoms with E-state index in [9.17, 15) is 19.8 Å². The molecule has 0 saturated carbocycles. The molecule has 0 fully saturated rings. The van der Waals surface area contributed by atoms with Crippen molar-refractivity contribution in [2.24, 2.45) is 0 Å². The lowest BCUT2D eigenvalue weighted by atomic mass is 10.0. The van der Waals surface area contributed by atoms with Crippen molar-refractivity contribution < 1.29 is 24.5 Å². The molecule has 3 N–H and O–H groups in total. The second-order valence-corrected chi connectivity index (χ2v) is 29.5. The Bertz CT molecular complexity index is 1380. The van der Waals surface area contributed by atoms with Crippen LogP contribution in [0, 0.1) is 0 Å². The Kier molecular flexibility index (Phi) is 79.8. The lowest BCUT2D eigenvalue weighted by Gasteiger charge is -2.20. The van der Waals surface area contributed by atoms with Crippen LogP contribution >= 0.6 is 0 Å². The molecule has 0 spiro atoms. The van der Waals surface area contributed by atoms with Gasteiger partial charge in [-0.25, -0.2) is 0 Å². The van der Waals surface area contributed by atoms with Gasteiger partial charge in [-0.3, -0.25) is 9.59 Å². The number of amides is 1. The molecule has 0 saturated heterocycles. The molecule has 0 rings (SSSR count). The molecule has 91 heavy (non-hydrogen) atoms. The standard InChI is InChI=1S/C85H167NO5/c1-3-5-7-9-11-13-15-17-19-21-23-24-35-38-42-45-49-53-57-61-65-69-73-77-83(88)82(81-87)86-84(89)78-74-70-66-62-58-54-50-46-43-39-36-33-31-29-27-25-26-28-30-32-34-37-40-44-48-52-56-60-64-68-72-76-80-91-85(90)79-75-71-67-63-59-55-51-47-41-22-20-18-16-14-12-10-8-6-4-2/h73,77,82-83,87-88H,3-72,74-76,78-81H2,1-2H3,(H,86,89)/b77-73+. The minimum atomic E-state index is -0.842. The molecule has 6 nitrogen and oxygen atoms in total. The fourth-order valence-corrected chi connectivity index (χ4v) is 13.9. The number of carbonyl (C=O) groups excluding carboxylic acids is 2. The third-order valence-corrected chi connectivity index (χ3v) is 20.3. The quantitative estimate of drug-likeness (QED) is 0.0320. The van der Waals surface area contributed by atoms with Crippen LogP contribution in [0.25, 0.3) is 0 Å². The van der Waals surface area contributed by atoms with Crippen molar-refractivity contribution in [3.8, 4) is 0 Å². The molecule has 0 aromatic heterocycles. The van der Waals surface area contributed by atoms with E-state index < -0.39 is 12.1 Å². The number of hydrogen-bond acceptors (Lipinski definition) is 5. The zero-order chi connectivity index (χ0) is 65.6. The fraction of sp³-hybridized carbons (Fsp3) is 0.953. The summed E-state index contributed by atoms with van der Waals surface area (Å²) in [6.07, 6.45) is 104. The monoisotopic (exact) mass is 1280 g/mol. The summed E-state index contributed by atoms with van der Waals surface area (Å²) in [5, 5.41) is 23.3. The van der Waals surface area contributed by atoms with Gasteiger partial charge in [-0.2, -0.15) is 0 Å². The van der Waals surface area contributed by atoms with Gasteiger partial charge in [0, 0.05) is 12.8 Å². The van der Waals surface area contributed by atoms with Crippen LogP contribution in [0.3, 0.4) is 0 Å². The Morgan fingerprint density at radius 1 is 0.297 bits per heavy atom. The number of nitrogens with one attached hydrogen (secondary N) is 1. The number of carbonyl (C=O) groups is 2. The summed E-state index contributed by atoms with van der Waals surface area (Å²) in [7, 11) is 0. The lowest BCUT2D eigenvalue weighted by Crippen LogP contribution is -2.45. The van der Waals surface area contributed by atoms with Gasteiger partial charge in [-0.05, 0) is 32.1 Å². The van der Waals surface area contributed by atoms with Gasteiger partial charge in [-0.1, -0.05) is 463 Å². The van der Waals surface area contributed by atoms with E-state index in [1.807, 2.05) is 6.08 Å². The molecule has 0 aliphatic carbocycles. The van der Waals surface area contributed by atoms with Gasteiger partial charge in [0.2, 0.25) is 5.91 Å². The molecule has 0 aromatic rings. The first kappa shape index (κ1) is 89.6. The van der Waals surface area contributed by atoms with Gasteiger partial charge >= 0.3 is 5.97 Å². The van der Waals surface area contributed by atoms with Gasteiger partial charge in [0.25, 0.3) is 0 Å². The lowest BCUT2D eigenvalue weighted by molar-refractivity contribution is -0.143. The highest BCUT2D eigenvalue weighted by Crippen LogP contribution is 2.21. The molecule has 1 amide bonds. The van der Waals surface area contributed by atoms with E-state index in [0.717, 1.165) is 38.5 Å². The van der Waals surface area contributed by atoms with Crippen molar-refractivity contribution in [2.75, 3.05) is 13.2 Å². The van der Waals surface area contributed by atoms with E-state index in [1.54, 1.807) is 6.08 Å². The second-order valence-electron chi connectivity index (χ2n) is 29.5. The van der Waals surface area contributed by atoms with E-state index in [2.05, 4.69) is 19.2 Å². The predicted molar refractivity (Wildman–Crippen MR) is 403 cm³/mol. The number of allylic oxidation sites excluding steroid dienone is 1. The number of hydrogen-bond donors (Lipinski definition) is 3. The van der Waals surface area contributed by atoms with Crippen LogP contribution in [-0.2, 0) is 14.3 Å². The maximum absolute atomic E-state index is 12.6. The molecule has 0 aromatic carbocycles. The van der Waals surface area contributed by atoms with Gasteiger partial charge in [0.05, 0.1) is 25.4 Å². The molecule has 2 atom stereocenters. The molecule has 0 bridgehead atoms. The first-order valence-corrected chi connectivity index (χ1v) is 42.5. The summed E-state index contributed by atoms with van der Waals surface area (Å²) >= 11 is 0. The number of esters is 1. The predicted octanol–water partition coefficient (Wildman–Crippen LogP) is 28.2. The van der Waals surface area contributed by atoms with Crippen molar-refractivity contribution in [3.63, 3.8) is 0 Å². The Morgan fingerprint density at radius 2 is 0.505 bits per heavy atom. The average molecular weight is 1280 g/mol. The van der Waals surface area contributed by atoms with Crippen molar-refractivity contribution >= 4 is 11.9 Å². The number of rotatable bonds is 81. The second kappa shape index (κ2) is 81.0. The smallest absolute Gasteiger partial charge is 0.305 e. The summed E-state index contributed by atoms with van der Waals surface area (Å²) in [6, 6.07) is -0.625. The van der Waals surface area contributed by atoms with Crippen LogP contribution < -0.4 is 5.32 Å². The van der Waals surface area contributed by atoms with Crippen LogP contribution in [0.2, 0.25) is 0 Å². The normalized spacial score (nSPS) is 12.4. The van der Waals surface area contributed by atoms with E-state index in [-0.39, 0.29) is 18.5 Å². The zero-order valence-electron chi connectivity index (χ0n) is 62.4. The zero-order valence-corrected chi connectivity index (χ0v) is 62.4. The Labute approximate surface area is 571 Å². The van der Waals surface area contributed by atoms with Crippen molar-refractivity contribution in [1.82, 2.24) is 5.32 Å². The number of aliphatic hydroxyl groups is 2. The molecule has 2 unspecified atom stereocenters. The maximum atomic E-state index is 12.6. The molecule has 0 aliphatic heterocycles. The highest BCUT2D eigenvalue weighted by atomic mass is 16.5. The number of aliphatic hydroxyl groups excluding tert-OH is 2. The fourth-order valence-electron chi connectivity index (χ4n) is 13.9. The van der Waals surface area contributed by atoms with Gasteiger partial charge in [-0.15, -0.1) is 0 Å². The van der Waals surface area contributed by atoms with Crippen molar-refractivity contribution in [3.05, 3.63) is 12.2 Å². The molecule has 6 heteroatoms. The van der Waals surface area contributed by atoms with E-state index >= 15 is 0 Å². The Hall–Kier alpha value is -1.40. The summed E-state index contributed by atoms with van der Waals surface area (Å²) in [5.74, 6) is -0.0302. The van der Waals surface area contributed by atoms with Gasteiger partial charge in [0.15, 0.2) is 0 Å². The summed E-state index contributed by atoms with van der Waals surface area (Å²) < 4.78 is 5.53. The first-order valence-electron chi connectivity index (χ1n) is 42.5. The highest BCUT2D eigenvalue weighted by Gasteiger charge is 2.18. The molecular formula is C85H167NO5. The van der Waals surface area contributed by atoms with Crippen LogP contribution in [0.4, 0.5) is 0 Å². The molecule has 542 valence electrons. The van der Waals surface area contributed by atoms with E-state index in [4.69, 9.17) is 4.74 Å². The SMILES string of the molecule is CCCCCCCCCCCCCCCCCCCCCCC/C=C/C(O)C(CO)NC(=O)CCCCCCCCCCCCCCCCCCCCCCCCCCCCCCCCCCOC(=O)CCCCCCCCCCCCCCCCCCCCC. The Balaban J connectivity index is 3.33. The van der Waals surface area contributed by atoms with Crippen LogP contribution in [0.1, 0.15) is 495 Å². The minimum absolute atomic E-state index is 0.0273. The van der Waals surface area contributed by atoms with Crippen LogP contribution in [0.5, 0.6) is 0 Å². The van der Waals surface area contributed by atoms with E-state index in [1.165, 1.54) is 430 Å². The average Bonchev–Trinajstić information content (AvgIpc) is 3.66. The molecular weight excluding hydrogens is 1110 g/mol. The molecule has 0 heterocycles. The van der Waals surface area contributed by atoms with E-state index in [0.29, 0.717) is 19.4 Å². The number of unbranched alkanes of at least 4 members (excludes halogenated alkanes) is 70. The number of ether oxygens (including phenoxy) is 1. The minimum Gasteiger partial charge on any atom is -0.466 e. The maximum Gasteiger partial charge on any atom is 0.305 e.